The minimum Gasteiger partial charge on any atom is -0.364 e. The predicted octanol–water partition coefficient (Wildman–Crippen LogP) is 4.32. The van der Waals surface area contributed by atoms with E-state index in [1.54, 1.807) is 6.20 Å². The summed E-state index contributed by atoms with van der Waals surface area (Å²) in [6.07, 6.45) is 4.38. The molecule has 6 rings (SSSR count). The van der Waals surface area contributed by atoms with E-state index in [-0.39, 0.29) is 10.7 Å². The number of hydrogen-bond donors (Lipinski definition) is 2. The fourth-order valence-corrected chi connectivity index (χ4v) is 5.00. The van der Waals surface area contributed by atoms with Gasteiger partial charge in [0.2, 0.25) is 0 Å². The second-order valence-electron chi connectivity index (χ2n) is 8.06. The number of nitrogens with zero attached hydrogens (tertiary/aromatic N) is 5. The third-order valence-corrected chi connectivity index (χ3v) is 7.04. The average molecular weight is 494 g/mol. The molecule has 0 amide bonds. The molecule has 5 aromatic rings. The van der Waals surface area contributed by atoms with Crippen LogP contribution in [0.3, 0.4) is 0 Å². The van der Waals surface area contributed by atoms with Crippen LogP contribution in [0.25, 0.3) is 33.4 Å². The van der Waals surface area contributed by atoms with Crippen LogP contribution in [0, 0.1) is 0 Å². The highest BCUT2D eigenvalue weighted by atomic mass is 32.2. The Morgan fingerprint density at radius 2 is 1.72 bits per heavy atom. The number of rotatable bonds is 5. The summed E-state index contributed by atoms with van der Waals surface area (Å²) < 4.78 is 27.3. The summed E-state index contributed by atoms with van der Waals surface area (Å²) in [5, 5.41) is 4.27. The van der Waals surface area contributed by atoms with Gasteiger partial charge in [0, 0.05) is 18.0 Å². The quantitative estimate of drug-likeness (QED) is 0.374. The number of sulfonamides is 1. The Kier molecular flexibility index (Phi) is 5.34. The Balaban J connectivity index is 1.53. The van der Waals surface area contributed by atoms with Gasteiger partial charge in [-0.3, -0.25) is 9.71 Å². The molecule has 0 radical (unpaired) electrons. The van der Waals surface area contributed by atoms with Crippen molar-refractivity contribution in [2.24, 2.45) is 4.99 Å². The molecule has 9 nitrogen and oxygen atoms in total. The molecular weight excluding hydrogens is 474 g/mol. The van der Waals surface area contributed by atoms with E-state index in [1.807, 2.05) is 66.7 Å². The molecule has 2 aromatic carbocycles. The lowest BCUT2D eigenvalue weighted by Crippen LogP contribution is -2.25. The smallest absolute Gasteiger partial charge is 0.266 e. The summed E-state index contributed by atoms with van der Waals surface area (Å²) >= 11 is 0. The van der Waals surface area contributed by atoms with E-state index in [1.165, 1.54) is 12.3 Å². The summed E-state index contributed by atoms with van der Waals surface area (Å²) in [6, 6.07) is 23.1. The number of nitrogens with one attached hydrogen (secondary N) is 2. The fourth-order valence-electron chi connectivity index (χ4n) is 4.05. The highest BCUT2D eigenvalue weighted by molar-refractivity contribution is 7.90. The average Bonchev–Trinajstić information content (AvgIpc) is 2.92. The molecule has 2 N–H and O–H groups in total. The molecule has 0 bridgehead atoms. The summed E-state index contributed by atoms with van der Waals surface area (Å²) in [5.41, 5.74) is 4.04. The third kappa shape index (κ3) is 4.03. The maximum absolute atomic E-state index is 12.5. The molecule has 1 aliphatic heterocycles. The number of benzene rings is 2. The van der Waals surface area contributed by atoms with E-state index in [0.717, 1.165) is 28.5 Å². The van der Waals surface area contributed by atoms with Gasteiger partial charge in [-0.25, -0.2) is 28.4 Å². The first-order chi connectivity index (χ1) is 17.6. The second kappa shape index (κ2) is 8.82. The van der Waals surface area contributed by atoms with Gasteiger partial charge in [-0.2, -0.15) is 0 Å². The van der Waals surface area contributed by atoms with Gasteiger partial charge in [0.25, 0.3) is 10.0 Å². The summed E-state index contributed by atoms with van der Waals surface area (Å²) in [5.74, 6) is 1.08. The SMILES string of the molecule is O=S1(=O)NC=Nc2ncc(-c3nc(NCc4ccccn4)c4c(-c5ccccc5)cccc4n3)cc21. The van der Waals surface area contributed by atoms with Gasteiger partial charge in [0.05, 0.1) is 23.1 Å². The molecule has 36 heavy (non-hydrogen) atoms. The fraction of sp³-hybridized carbons (Fsp3) is 0.0385. The van der Waals surface area contributed by atoms with E-state index in [2.05, 4.69) is 25.0 Å². The first-order valence-corrected chi connectivity index (χ1v) is 12.6. The second-order valence-corrected chi connectivity index (χ2v) is 9.74. The molecule has 0 aliphatic carbocycles. The van der Waals surface area contributed by atoms with Crippen molar-refractivity contribution in [1.29, 1.82) is 0 Å². The minimum atomic E-state index is -3.76. The molecule has 3 aromatic heterocycles. The van der Waals surface area contributed by atoms with E-state index in [4.69, 9.17) is 9.97 Å². The molecule has 0 fully saturated rings. The molecule has 0 spiro atoms. The summed E-state index contributed by atoms with van der Waals surface area (Å²) in [4.78, 5) is 22.2. The highest BCUT2D eigenvalue weighted by Gasteiger charge is 2.24. The Bertz CT molecular complexity index is 1720. The third-order valence-electron chi connectivity index (χ3n) is 5.75. The minimum absolute atomic E-state index is 0.0211. The van der Waals surface area contributed by atoms with Crippen LogP contribution in [-0.4, -0.2) is 34.7 Å². The van der Waals surface area contributed by atoms with Crippen molar-refractivity contribution in [2.75, 3.05) is 5.32 Å². The van der Waals surface area contributed by atoms with Crippen LogP contribution in [-0.2, 0) is 16.6 Å². The number of aliphatic imine (C=N–C) groups is 1. The van der Waals surface area contributed by atoms with Crippen molar-refractivity contribution in [2.45, 2.75) is 11.4 Å². The van der Waals surface area contributed by atoms with Gasteiger partial charge in [-0.15, -0.1) is 0 Å². The molecule has 0 unspecified atom stereocenters. The van der Waals surface area contributed by atoms with Gasteiger partial charge >= 0.3 is 0 Å². The molecule has 176 valence electrons. The van der Waals surface area contributed by atoms with Crippen LogP contribution in [0.2, 0.25) is 0 Å². The number of pyridine rings is 2. The Morgan fingerprint density at radius 1 is 0.861 bits per heavy atom. The van der Waals surface area contributed by atoms with Crippen molar-refractivity contribution in [3.63, 3.8) is 0 Å². The van der Waals surface area contributed by atoms with Crippen LogP contribution in [0.5, 0.6) is 0 Å². The maximum Gasteiger partial charge on any atom is 0.266 e. The predicted molar refractivity (Wildman–Crippen MR) is 138 cm³/mol. The largest absolute Gasteiger partial charge is 0.364 e. The number of hydrogen-bond acceptors (Lipinski definition) is 8. The van der Waals surface area contributed by atoms with Crippen molar-refractivity contribution >= 4 is 38.9 Å². The van der Waals surface area contributed by atoms with Gasteiger partial charge in [0.15, 0.2) is 11.6 Å². The van der Waals surface area contributed by atoms with Gasteiger partial charge in [-0.05, 0) is 35.4 Å². The van der Waals surface area contributed by atoms with Crippen LogP contribution < -0.4 is 10.0 Å². The Hall–Kier alpha value is -4.70. The van der Waals surface area contributed by atoms with E-state index >= 15 is 0 Å². The lowest BCUT2D eigenvalue weighted by atomic mass is 10.0. The van der Waals surface area contributed by atoms with Crippen molar-refractivity contribution in [1.82, 2.24) is 24.7 Å². The number of fused-ring (bicyclic) bond motifs is 2. The van der Waals surface area contributed by atoms with Crippen molar-refractivity contribution < 1.29 is 8.42 Å². The van der Waals surface area contributed by atoms with Crippen molar-refractivity contribution in [3.05, 3.63) is 90.9 Å². The summed E-state index contributed by atoms with van der Waals surface area (Å²) in [6.45, 7) is 0.449. The van der Waals surface area contributed by atoms with Gasteiger partial charge in [0.1, 0.15) is 17.1 Å². The van der Waals surface area contributed by atoms with Crippen LogP contribution in [0.4, 0.5) is 11.6 Å². The normalized spacial score (nSPS) is 13.7. The van der Waals surface area contributed by atoms with Crippen LogP contribution in [0.15, 0.2) is 95.1 Å². The lowest BCUT2D eigenvalue weighted by molar-refractivity contribution is 0.592. The Labute approximate surface area is 207 Å². The van der Waals surface area contributed by atoms with E-state index < -0.39 is 10.0 Å². The highest BCUT2D eigenvalue weighted by Crippen LogP contribution is 2.35. The van der Waals surface area contributed by atoms with Crippen LogP contribution in [0.1, 0.15) is 5.69 Å². The standard InChI is InChI=1S/C26H19N7O2S/c34-36(35)22-13-18(14-28-25(22)30-16-31-36)24-32-21-11-6-10-20(17-7-2-1-3-8-17)23(21)26(33-24)29-15-19-9-4-5-12-27-19/h1-14,16H,15H2,(H,28,30,31)(H,29,32,33). The number of aromatic nitrogens is 4. The molecule has 0 saturated heterocycles. The molecule has 10 heteroatoms. The van der Waals surface area contributed by atoms with E-state index in [0.29, 0.717) is 29.3 Å². The molecule has 1 aliphatic rings. The topological polar surface area (TPSA) is 122 Å². The van der Waals surface area contributed by atoms with Crippen LogP contribution >= 0.6 is 0 Å². The summed E-state index contributed by atoms with van der Waals surface area (Å²) in [7, 11) is -3.76. The first-order valence-electron chi connectivity index (χ1n) is 11.1. The Morgan fingerprint density at radius 3 is 2.56 bits per heavy atom. The first kappa shape index (κ1) is 21.8. The molecular formula is C26H19N7O2S. The van der Waals surface area contributed by atoms with Gasteiger partial charge in [-0.1, -0.05) is 48.5 Å². The lowest BCUT2D eigenvalue weighted by Gasteiger charge is -2.15. The maximum atomic E-state index is 12.5. The molecule has 4 heterocycles. The van der Waals surface area contributed by atoms with Gasteiger partial charge < -0.3 is 5.32 Å². The molecule has 0 atom stereocenters. The monoisotopic (exact) mass is 493 g/mol. The van der Waals surface area contributed by atoms with Crippen molar-refractivity contribution in [3.8, 4) is 22.5 Å². The zero-order chi connectivity index (χ0) is 24.5. The van der Waals surface area contributed by atoms with E-state index in [9.17, 15) is 8.42 Å². The zero-order valence-electron chi connectivity index (χ0n) is 18.8. The molecule has 0 saturated carbocycles. The zero-order valence-corrected chi connectivity index (χ0v) is 19.6. The number of anilines is 1.